The van der Waals surface area contributed by atoms with Crippen LogP contribution in [0.15, 0.2) is 95.4 Å². The van der Waals surface area contributed by atoms with Crippen LogP contribution in [0, 0.1) is 0 Å². The molecule has 0 aliphatic rings. The van der Waals surface area contributed by atoms with Crippen molar-refractivity contribution in [2.45, 2.75) is 0 Å². The quantitative estimate of drug-likeness (QED) is 0.284. The molecule has 0 fully saturated rings. The van der Waals surface area contributed by atoms with Crippen LogP contribution in [0.4, 0.5) is 0 Å². The van der Waals surface area contributed by atoms with Crippen LogP contribution in [0.5, 0.6) is 0 Å². The minimum Gasteiger partial charge on any atom is -0.456 e. The Balaban J connectivity index is 1.50. The van der Waals surface area contributed by atoms with E-state index in [1.807, 2.05) is 12.1 Å². The van der Waals surface area contributed by atoms with Gasteiger partial charge < -0.3 is 9.40 Å². The number of furan rings is 1. The largest absolute Gasteiger partial charge is 0.456 e. The summed E-state index contributed by atoms with van der Waals surface area (Å²) in [5, 5.41) is 7.90. The first kappa shape index (κ1) is 17.0. The van der Waals surface area contributed by atoms with Crippen LogP contribution in [-0.2, 0) is 0 Å². The zero-order chi connectivity index (χ0) is 20.5. The molecule has 31 heavy (non-hydrogen) atoms. The molecule has 146 valence electrons. The Labute approximate surface area is 182 Å². The molecule has 0 amide bonds. The molecule has 7 rings (SSSR count). The number of hydrogen-bond acceptors (Lipinski definition) is 1. The van der Waals surface area contributed by atoms with E-state index in [2.05, 4.69) is 83.8 Å². The molecule has 2 heterocycles. The molecule has 7 aromatic rings. The second-order valence-corrected chi connectivity index (χ2v) is 8.48. The van der Waals surface area contributed by atoms with Crippen LogP contribution in [0.1, 0.15) is 0 Å². The maximum absolute atomic E-state index is 6.18. The second kappa shape index (κ2) is 6.13. The number of hydrogen-bond donors (Lipinski definition) is 1. The van der Waals surface area contributed by atoms with Crippen LogP contribution in [0.25, 0.3) is 65.6 Å². The Morgan fingerprint density at radius 3 is 2.32 bits per heavy atom. The zero-order valence-corrected chi connectivity index (χ0v) is 17.2. The number of aromatic nitrogens is 1. The van der Waals surface area contributed by atoms with E-state index in [4.69, 9.17) is 16.0 Å². The van der Waals surface area contributed by atoms with Crippen LogP contribution in [-0.4, -0.2) is 4.98 Å². The van der Waals surface area contributed by atoms with E-state index in [1.54, 1.807) is 0 Å². The summed E-state index contributed by atoms with van der Waals surface area (Å²) < 4.78 is 6.16. The van der Waals surface area contributed by atoms with Gasteiger partial charge in [-0.2, -0.15) is 0 Å². The van der Waals surface area contributed by atoms with Gasteiger partial charge in [0.15, 0.2) is 0 Å². The third-order valence-electron chi connectivity index (χ3n) is 6.25. The first-order valence-electron chi connectivity index (χ1n) is 10.3. The summed E-state index contributed by atoms with van der Waals surface area (Å²) in [6.45, 7) is 0. The lowest BCUT2D eigenvalue weighted by atomic mass is 9.99. The minimum atomic E-state index is 0.740. The number of halogens is 1. The number of rotatable bonds is 1. The van der Waals surface area contributed by atoms with Gasteiger partial charge in [-0.3, -0.25) is 0 Å². The first-order valence-corrected chi connectivity index (χ1v) is 10.7. The van der Waals surface area contributed by atoms with E-state index in [1.165, 1.54) is 38.1 Å². The number of H-pyrrole nitrogens is 1. The van der Waals surface area contributed by atoms with E-state index >= 15 is 0 Å². The predicted octanol–water partition coefficient (Wildman–Crippen LogP) is 8.69. The molecule has 0 bridgehead atoms. The topological polar surface area (TPSA) is 28.9 Å². The highest BCUT2D eigenvalue weighted by Gasteiger charge is 2.12. The van der Waals surface area contributed by atoms with Crippen molar-refractivity contribution in [3.8, 4) is 11.1 Å². The summed E-state index contributed by atoms with van der Waals surface area (Å²) >= 11 is 6.18. The van der Waals surface area contributed by atoms with Crippen molar-refractivity contribution >= 4 is 66.1 Å². The molecule has 0 unspecified atom stereocenters. The third kappa shape index (κ3) is 2.46. The van der Waals surface area contributed by atoms with Crippen molar-refractivity contribution in [2.75, 3.05) is 0 Å². The van der Waals surface area contributed by atoms with Crippen molar-refractivity contribution in [2.24, 2.45) is 0 Å². The highest BCUT2D eigenvalue weighted by atomic mass is 35.5. The summed E-state index contributed by atoms with van der Waals surface area (Å²) in [6, 6.07) is 31.7. The lowest BCUT2D eigenvalue weighted by Gasteiger charge is -2.04. The molecule has 0 aliphatic heterocycles. The number of aromatic amines is 1. The number of nitrogens with one attached hydrogen (secondary N) is 1. The molecule has 5 aromatic carbocycles. The molecule has 0 spiro atoms. The van der Waals surface area contributed by atoms with Crippen molar-refractivity contribution in [3.63, 3.8) is 0 Å². The van der Waals surface area contributed by atoms with Gasteiger partial charge in [0.25, 0.3) is 0 Å². The van der Waals surface area contributed by atoms with Gasteiger partial charge in [-0.1, -0.05) is 60.1 Å². The monoisotopic (exact) mass is 417 g/mol. The highest BCUT2D eigenvalue weighted by Crippen LogP contribution is 2.38. The smallest absolute Gasteiger partial charge is 0.136 e. The first-order chi connectivity index (χ1) is 15.2. The zero-order valence-electron chi connectivity index (χ0n) is 16.4. The van der Waals surface area contributed by atoms with Crippen LogP contribution < -0.4 is 0 Å². The SMILES string of the molecule is Clc1ccc2c(c1)[nH]c1ccc(-c3ccc4oc5ccc6ccccc6c5c4c3)cc12. The van der Waals surface area contributed by atoms with E-state index in [0.717, 1.165) is 32.6 Å². The Kier molecular flexibility index (Phi) is 3.36. The number of fused-ring (bicyclic) bond motifs is 8. The lowest BCUT2D eigenvalue weighted by molar-refractivity contribution is 0.669. The summed E-state index contributed by atoms with van der Waals surface area (Å²) in [4.78, 5) is 3.47. The molecule has 3 heteroatoms. The van der Waals surface area contributed by atoms with Gasteiger partial charge in [0, 0.05) is 37.6 Å². The van der Waals surface area contributed by atoms with Gasteiger partial charge in [-0.25, -0.2) is 0 Å². The van der Waals surface area contributed by atoms with E-state index in [9.17, 15) is 0 Å². The Morgan fingerprint density at radius 2 is 1.39 bits per heavy atom. The molecule has 0 atom stereocenters. The molecule has 0 saturated carbocycles. The maximum Gasteiger partial charge on any atom is 0.136 e. The molecule has 2 nitrogen and oxygen atoms in total. The van der Waals surface area contributed by atoms with Crippen molar-refractivity contribution in [3.05, 3.63) is 96.0 Å². The fourth-order valence-electron chi connectivity index (χ4n) is 4.78. The van der Waals surface area contributed by atoms with Gasteiger partial charge in [-0.15, -0.1) is 0 Å². The molecule has 0 saturated heterocycles. The van der Waals surface area contributed by atoms with Crippen molar-refractivity contribution in [1.29, 1.82) is 0 Å². The lowest BCUT2D eigenvalue weighted by Crippen LogP contribution is -1.79. The summed E-state index contributed by atoms with van der Waals surface area (Å²) in [5.74, 6) is 0. The second-order valence-electron chi connectivity index (χ2n) is 8.05. The van der Waals surface area contributed by atoms with Gasteiger partial charge >= 0.3 is 0 Å². The molecule has 0 aliphatic carbocycles. The summed E-state index contributed by atoms with van der Waals surface area (Å²) in [5.41, 5.74) is 6.37. The highest BCUT2D eigenvalue weighted by molar-refractivity contribution is 6.31. The third-order valence-corrected chi connectivity index (χ3v) is 6.49. The summed E-state index contributed by atoms with van der Waals surface area (Å²) in [7, 11) is 0. The van der Waals surface area contributed by atoms with Gasteiger partial charge in [0.05, 0.1) is 0 Å². The van der Waals surface area contributed by atoms with Crippen LogP contribution in [0.2, 0.25) is 5.02 Å². The Morgan fingerprint density at radius 1 is 0.581 bits per heavy atom. The minimum absolute atomic E-state index is 0.740. The fourth-order valence-corrected chi connectivity index (χ4v) is 4.95. The fraction of sp³-hybridized carbons (Fsp3) is 0. The van der Waals surface area contributed by atoms with E-state index < -0.39 is 0 Å². The van der Waals surface area contributed by atoms with Crippen LogP contribution in [0.3, 0.4) is 0 Å². The van der Waals surface area contributed by atoms with Crippen molar-refractivity contribution in [1.82, 2.24) is 4.98 Å². The average Bonchev–Trinajstić information content (AvgIpc) is 3.35. The molecular weight excluding hydrogens is 402 g/mol. The van der Waals surface area contributed by atoms with Crippen LogP contribution >= 0.6 is 11.6 Å². The van der Waals surface area contributed by atoms with Gasteiger partial charge in [-0.05, 0) is 64.4 Å². The normalized spacial score (nSPS) is 12.0. The Hall–Kier alpha value is -3.75. The predicted molar refractivity (Wildman–Crippen MR) is 131 cm³/mol. The molecule has 2 aromatic heterocycles. The molecule has 0 radical (unpaired) electrons. The van der Waals surface area contributed by atoms with Gasteiger partial charge in [0.1, 0.15) is 11.2 Å². The standard InChI is InChI=1S/C28H16ClNO/c29-19-8-9-21-22-13-17(5-10-24(22)30-25(21)15-19)18-7-11-26-23(14-18)28-20-4-2-1-3-16(20)6-12-27(28)31-26/h1-15,30H. The van der Waals surface area contributed by atoms with E-state index in [-0.39, 0.29) is 0 Å². The maximum atomic E-state index is 6.18. The summed E-state index contributed by atoms with van der Waals surface area (Å²) in [6.07, 6.45) is 0. The average molecular weight is 418 g/mol. The van der Waals surface area contributed by atoms with E-state index in [0.29, 0.717) is 0 Å². The molecule has 1 N–H and O–H groups in total. The number of benzene rings is 5. The van der Waals surface area contributed by atoms with Crippen molar-refractivity contribution < 1.29 is 4.42 Å². The Bertz CT molecular complexity index is 1810. The van der Waals surface area contributed by atoms with Gasteiger partial charge in [0.2, 0.25) is 0 Å². The molecular formula is C28H16ClNO.